The van der Waals surface area contributed by atoms with Gasteiger partial charge in [0.25, 0.3) is 5.91 Å². The van der Waals surface area contributed by atoms with Crippen LogP contribution in [0, 0.1) is 0 Å². The molecule has 3 N–H and O–H groups in total. The van der Waals surface area contributed by atoms with E-state index in [0.717, 1.165) is 5.56 Å². The largest absolute Gasteiger partial charge is 0.497 e. The summed E-state index contributed by atoms with van der Waals surface area (Å²) in [7, 11) is 1.60. The topological polar surface area (TPSA) is 107 Å². The molecule has 2 aromatic heterocycles. The number of nitrogens with zero attached hydrogens (tertiary/aromatic N) is 4. The van der Waals surface area contributed by atoms with Crippen LogP contribution in [-0.2, 0) is 0 Å². The molecule has 5 rings (SSSR count). The number of aromatic nitrogens is 3. The Balaban J connectivity index is 1.64. The highest BCUT2D eigenvalue weighted by Gasteiger charge is 2.24. The van der Waals surface area contributed by atoms with Crippen LogP contribution in [0.1, 0.15) is 15.9 Å². The molecule has 34 heavy (non-hydrogen) atoms. The van der Waals surface area contributed by atoms with Crippen molar-refractivity contribution in [2.75, 3.05) is 18.2 Å². The minimum Gasteiger partial charge on any atom is -0.497 e. The highest BCUT2D eigenvalue weighted by molar-refractivity contribution is 6.30. The Morgan fingerprint density at radius 2 is 1.79 bits per heavy atom. The molecule has 0 aliphatic heterocycles. The number of rotatable bonds is 5. The maximum atomic E-state index is 13.3. The van der Waals surface area contributed by atoms with E-state index in [1.165, 1.54) is 4.68 Å². The first-order valence-electron chi connectivity index (χ1n) is 10.4. The zero-order chi connectivity index (χ0) is 23.7. The molecule has 5 aromatic rings. The summed E-state index contributed by atoms with van der Waals surface area (Å²) in [6, 6.07) is 21.6. The number of hydrogen-bond donors (Lipinski definition) is 2. The van der Waals surface area contributed by atoms with E-state index < -0.39 is 5.91 Å². The van der Waals surface area contributed by atoms with E-state index >= 15 is 0 Å². The molecule has 168 valence electrons. The number of para-hydroxylation sites is 2. The quantitative estimate of drug-likeness (QED) is 0.353. The molecule has 1 amide bonds. The average Bonchev–Trinajstić information content (AvgIpc) is 3.12. The van der Waals surface area contributed by atoms with Crippen molar-refractivity contribution in [1.29, 1.82) is 0 Å². The number of nitrogens with two attached hydrogens (primary N) is 1. The van der Waals surface area contributed by atoms with Crippen molar-refractivity contribution in [3.05, 3.63) is 88.9 Å². The van der Waals surface area contributed by atoms with Gasteiger partial charge in [0.1, 0.15) is 22.6 Å². The lowest BCUT2D eigenvalue weighted by Crippen LogP contribution is -2.14. The minimum atomic E-state index is -0.426. The fourth-order valence-electron chi connectivity index (χ4n) is 3.56. The first-order valence-corrected chi connectivity index (χ1v) is 10.7. The highest BCUT2D eigenvalue weighted by Crippen LogP contribution is 2.29. The summed E-state index contributed by atoms with van der Waals surface area (Å²) in [6.45, 7) is 0. The van der Waals surface area contributed by atoms with Gasteiger partial charge in [0.05, 0.1) is 24.4 Å². The van der Waals surface area contributed by atoms with Gasteiger partial charge in [0.2, 0.25) is 0 Å². The smallest absolute Gasteiger partial charge is 0.261 e. The molecule has 0 unspecified atom stereocenters. The van der Waals surface area contributed by atoms with E-state index in [1.807, 2.05) is 48.5 Å². The third-order valence-corrected chi connectivity index (χ3v) is 5.47. The Hall–Kier alpha value is -4.43. The number of anilines is 2. The monoisotopic (exact) mass is 470 g/mol. The third-order valence-electron chi connectivity index (χ3n) is 5.22. The molecule has 0 radical (unpaired) electrons. The van der Waals surface area contributed by atoms with E-state index in [2.05, 4.69) is 15.4 Å². The number of hydrogen-bond acceptors (Lipinski definition) is 6. The van der Waals surface area contributed by atoms with Gasteiger partial charge < -0.3 is 15.8 Å². The molecule has 2 heterocycles. The zero-order valence-electron chi connectivity index (χ0n) is 18.1. The van der Waals surface area contributed by atoms with Crippen molar-refractivity contribution in [2.45, 2.75) is 0 Å². The van der Waals surface area contributed by atoms with Crippen molar-refractivity contribution in [3.8, 4) is 5.75 Å². The number of carbonyl (C=O) groups is 1. The van der Waals surface area contributed by atoms with Gasteiger partial charge in [0.15, 0.2) is 5.65 Å². The van der Waals surface area contributed by atoms with Crippen molar-refractivity contribution in [3.63, 3.8) is 0 Å². The van der Waals surface area contributed by atoms with E-state index in [1.54, 1.807) is 37.6 Å². The molecule has 0 aliphatic carbocycles. The van der Waals surface area contributed by atoms with Crippen LogP contribution < -0.4 is 15.8 Å². The number of nitrogen functional groups attached to an aromatic ring is 1. The molecule has 9 heteroatoms. The maximum absolute atomic E-state index is 13.3. The van der Waals surface area contributed by atoms with Crippen molar-refractivity contribution in [1.82, 2.24) is 14.6 Å². The molecule has 0 saturated heterocycles. The van der Waals surface area contributed by atoms with Gasteiger partial charge in [-0.25, -0.2) is 9.97 Å². The summed E-state index contributed by atoms with van der Waals surface area (Å²) in [5.74, 6) is 0.392. The minimum absolute atomic E-state index is 0.121. The van der Waals surface area contributed by atoms with Crippen LogP contribution in [0.3, 0.4) is 0 Å². The van der Waals surface area contributed by atoms with Crippen LogP contribution in [0.5, 0.6) is 5.75 Å². The standard InChI is InChI=1S/C25H19ClN6O2/c1-34-18-6-4-5-15(13-18)14-28-32-23(27)21(25(33)29-17-11-9-16(26)10-12-17)22-24(32)31-20-8-3-2-7-19(20)30-22/h2-14H,27H2,1H3,(H,29,33)/b28-14+. The second-order valence-corrected chi connectivity index (χ2v) is 7.88. The molecular formula is C25H19ClN6O2. The summed E-state index contributed by atoms with van der Waals surface area (Å²) < 4.78 is 6.69. The number of halogens is 1. The van der Waals surface area contributed by atoms with Crippen LogP contribution in [0.15, 0.2) is 77.9 Å². The molecule has 0 saturated carbocycles. The van der Waals surface area contributed by atoms with Crippen LogP contribution in [0.25, 0.3) is 22.2 Å². The molecular weight excluding hydrogens is 452 g/mol. The fourth-order valence-corrected chi connectivity index (χ4v) is 3.69. The molecule has 0 fully saturated rings. The predicted molar refractivity (Wildman–Crippen MR) is 135 cm³/mol. The molecule has 0 atom stereocenters. The van der Waals surface area contributed by atoms with E-state index in [4.69, 9.17) is 27.1 Å². The van der Waals surface area contributed by atoms with Crippen LogP contribution in [0.2, 0.25) is 5.02 Å². The second-order valence-electron chi connectivity index (χ2n) is 7.44. The van der Waals surface area contributed by atoms with E-state index in [9.17, 15) is 4.79 Å². The van der Waals surface area contributed by atoms with Crippen molar-refractivity contribution >= 4 is 57.4 Å². The Morgan fingerprint density at radius 1 is 1.06 bits per heavy atom. The lowest BCUT2D eigenvalue weighted by atomic mass is 10.2. The number of fused-ring (bicyclic) bond motifs is 2. The SMILES string of the molecule is COc1cccc(/C=N/n2c(N)c(C(=O)Nc3ccc(Cl)cc3)c3nc4ccccc4nc32)c1. The van der Waals surface area contributed by atoms with Gasteiger partial charge in [0, 0.05) is 10.7 Å². The van der Waals surface area contributed by atoms with Gasteiger partial charge in [-0.05, 0) is 54.1 Å². The normalized spacial score (nSPS) is 11.4. The fraction of sp³-hybridized carbons (Fsp3) is 0.0400. The zero-order valence-corrected chi connectivity index (χ0v) is 18.8. The molecule has 8 nitrogen and oxygen atoms in total. The Kier molecular flexibility index (Phi) is 5.57. The number of methoxy groups -OCH3 is 1. The van der Waals surface area contributed by atoms with Gasteiger partial charge in [-0.1, -0.05) is 35.9 Å². The van der Waals surface area contributed by atoms with Gasteiger partial charge in [-0.2, -0.15) is 9.78 Å². The summed E-state index contributed by atoms with van der Waals surface area (Å²) in [5, 5.41) is 7.93. The predicted octanol–water partition coefficient (Wildman–Crippen LogP) is 4.96. The second kappa shape index (κ2) is 8.84. The van der Waals surface area contributed by atoms with Crippen LogP contribution >= 0.6 is 11.6 Å². The van der Waals surface area contributed by atoms with E-state index in [0.29, 0.717) is 38.7 Å². The Labute approximate surface area is 199 Å². The van der Waals surface area contributed by atoms with Gasteiger partial charge in [-0.3, -0.25) is 4.79 Å². The summed E-state index contributed by atoms with van der Waals surface area (Å²) >= 11 is 5.95. The number of amides is 1. The van der Waals surface area contributed by atoms with Crippen LogP contribution in [-0.4, -0.2) is 33.9 Å². The Morgan fingerprint density at radius 3 is 2.53 bits per heavy atom. The first kappa shape index (κ1) is 21.4. The molecule has 3 aromatic carbocycles. The van der Waals surface area contributed by atoms with Crippen molar-refractivity contribution < 1.29 is 9.53 Å². The molecule has 0 aliphatic rings. The van der Waals surface area contributed by atoms with Gasteiger partial charge >= 0.3 is 0 Å². The average molecular weight is 471 g/mol. The Bertz CT molecular complexity index is 1560. The third kappa shape index (κ3) is 4.02. The summed E-state index contributed by atoms with van der Waals surface area (Å²) in [6.07, 6.45) is 1.62. The summed E-state index contributed by atoms with van der Waals surface area (Å²) in [4.78, 5) is 22.6. The van der Waals surface area contributed by atoms with Crippen molar-refractivity contribution in [2.24, 2.45) is 5.10 Å². The molecule has 0 spiro atoms. The first-order chi connectivity index (χ1) is 16.5. The lowest BCUT2D eigenvalue weighted by molar-refractivity contribution is 0.102. The lowest BCUT2D eigenvalue weighted by Gasteiger charge is -2.05. The highest BCUT2D eigenvalue weighted by atomic mass is 35.5. The number of nitrogens with one attached hydrogen (secondary N) is 1. The molecule has 0 bridgehead atoms. The number of carbonyl (C=O) groups excluding carboxylic acids is 1. The van der Waals surface area contributed by atoms with Crippen LogP contribution in [0.4, 0.5) is 11.5 Å². The summed E-state index contributed by atoms with van der Waals surface area (Å²) in [5.41, 5.74) is 10.0. The number of ether oxygens (including phenoxy) is 1. The number of benzene rings is 3. The van der Waals surface area contributed by atoms with E-state index in [-0.39, 0.29) is 11.4 Å². The maximum Gasteiger partial charge on any atom is 0.261 e. The van der Waals surface area contributed by atoms with Gasteiger partial charge in [-0.15, -0.1) is 0 Å².